The van der Waals surface area contributed by atoms with Gasteiger partial charge in [0.2, 0.25) is 5.91 Å². The monoisotopic (exact) mass is 347 g/mol. The van der Waals surface area contributed by atoms with Crippen LogP contribution < -0.4 is 5.32 Å². The molecule has 1 aromatic rings. The lowest BCUT2D eigenvalue weighted by Gasteiger charge is -2.15. The van der Waals surface area contributed by atoms with Crippen molar-refractivity contribution in [2.24, 2.45) is 5.92 Å². The van der Waals surface area contributed by atoms with Crippen LogP contribution in [0.15, 0.2) is 48.1 Å². The maximum Gasteiger partial charge on any atom is 0.303 e. The van der Waals surface area contributed by atoms with E-state index in [9.17, 15) is 19.8 Å². The van der Waals surface area contributed by atoms with Gasteiger partial charge in [0.25, 0.3) is 0 Å². The van der Waals surface area contributed by atoms with Gasteiger partial charge >= 0.3 is 5.97 Å². The molecule has 0 spiro atoms. The molecule has 6 nitrogen and oxygen atoms in total. The van der Waals surface area contributed by atoms with Crippen molar-refractivity contribution in [1.82, 2.24) is 5.32 Å². The molecule has 4 N–H and O–H groups in total. The number of carboxylic acid groups (broad SMARTS) is 1. The van der Waals surface area contributed by atoms with E-state index in [1.54, 1.807) is 50.3 Å². The van der Waals surface area contributed by atoms with Crippen molar-refractivity contribution in [3.05, 3.63) is 53.6 Å². The zero-order valence-electron chi connectivity index (χ0n) is 14.5. The predicted molar refractivity (Wildman–Crippen MR) is 95.1 cm³/mol. The van der Waals surface area contributed by atoms with E-state index in [1.165, 1.54) is 6.08 Å². The number of benzene rings is 1. The van der Waals surface area contributed by atoms with E-state index in [4.69, 9.17) is 5.11 Å². The fraction of sp³-hybridized carbons (Fsp3) is 0.368. The number of carbonyl (C=O) groups is 2. The maximum absolute atomic E-state index is 12.0. The lowest BCUT2D eigenvalue weighted by atomic mass is 10.0. The van der Waals surface area contributed by atoms with Crippen LogP contribution in [0.4, 0.5) is 0 Å². The van der Waals surface area contributed by atoms with E-state index in [1.807, 2.05) is 0 Å². The highest BCUT2D eigenvalue weighted by atomic mass is 16.4. The van der Waals surface area contributed by atoms with Crippen LogP contribution in [0.1, 0.15) is 25.8 Å². The Kier molecular flexibility index (Phi) is 8.43. The van der Waals surface area contributed by atoms with E-state index >= 15 is 0 Å². The van der Waals surface area contributed by atoms with Gasteiger partial charge in [0.15, 0.2) is 0 Å². The molecule has 1 aromatic carbocycles. The molecular formula is C19H25NO5. The van der Waals surface area contributed by atoms with Gasteiger partial charge in [0, 0.05) is 6.08 Å². The number of carbonyl (C=O) groups excluding carboxylic acids is 1. The number of aliphatic hydroxyl groups excluding tert-OH is 1. The number of hydrogen-bond donors (Lipinski definition) is 4. The Morgan fingerprint density at radius 3 is 2.40 bits per heavy atom. The first kappa shape index (κ1) is 20.4. The summed E-state index contributed by atoms with van der Waals surface area (Å²) >= 11 is 0. The molecule has 2 atom stereocenters. The Bertz CT molecular complexity index is 634. The van der Waals surface area contributed by atoms with Gasteiger partial charge in [0.1, 0.15) is 5.75 Å². The summed E-state index contributed by atoms with van der Waals surface area (Å²) in [5.74, 6) is -1.16. The molecular weight excluding hydrogens is 322 g/mol. The number of rotatable bonds is 9. The SMILES string of the molecule is CC(/C=C/C(=O)N[C@H](CO)Cc1ccc(O)cc1)=C\[C@H](C)CC(=O)O. The van der Waals surface area contributed by atoms with Gasteiger partial charge in [-0.15, -0.1) is 0 Å². The van der Waals surface area contributed by atoms with E-state index in [0.717, 1.165) is 11.1 Å². The van der Waals surface area contributed by atoms with Crippen molar-refractivity contribution >= 4 is 11.9 Å². The molecule has 0 saturated carbocycles. The largest absolute Gasteiger partial charge is 0.508 e. The average Bonchev–Trinajstić information content (AvgIpc) is 2.53. The Morgan fingerprint density at radius 2 is 1.84 bits per heavy atom. The minimum absolute atomic E-state index is 0.0383. The van der Waals surface area contributed by atoms with Crippen LogP contribution in [0.25, 0.3) is 0 Å². The van der Waals surface area contributed by atoms with Gasteiger partial charge in [0.05, 0.1) is 19.1 Å². The Morgan fingerprint density at radius 1 is 1.20 bits per heavy atom. The van der Waals surface area contributed by atoms with Crippen molar-refractivity contribution in [2.45, 2.75) is 32.7 Å². The second-order valence-electron chi connectivity index (χ2n) is 6.08. The zero-order chi connectivity index (χ0) is 18.8. The third-order valence-corrected chi connectivity index (χ3v) is 3.53. The van der Waals surface area contributed by atoms with Gasteiger partial charge in [-0.3, -0.25) is 9.59 Å². The van der Waals surface area contributed by atoms with Crippen LogP contribution >= 0.6 is 0 Å². The molecule has 136 valence electrons. The number of carboxylic acids is 1. The number of nitrogens with one attached hydrogen (secondary N) is 1. The number of aromatic hydroxyl groups is 1. The van der Waals surface area contributed by atoms with Crippen molar-refractivity contribution < 1.29 is 24.9 Å². The Labute approximate surface area is 147 Å². The third kappa shape index (κ3) is 8.72. The molecule has 0 unspecified atom stereocenters. The Hall–Kier alpha value is -2.60. The summed E-state index contributed by atoms with van der Waals surface area (Å²) in [6, 6.07) is 6.14. The molecule has 1 amide bonds. The molecule has 1 rings (SSSR count). The number of aliphatic carboxylic acids is 1. The van der Waals surface area contributed by atoms with Crippen LogP contribution in [-0.4, -0.2) is 39.8 Å². The lowest BCUT2D eigenvalue weighted by Crippen LogP contribution is -2.38. The van der Waals surface area contributed by atoms with Gasteiger partial charge < -0.3 is 20.6 Å². The highest BCUT2D eigenvalue weighted by Crippen LogP contribution is 2.11. The van der Waals surface area contributed by atoms with Crippen LogP contribution in [0.3, 0.4) is 0 Å². The molecule has 0 aliphatic rings. The van der Waals surface area contributed by atoms with Crippen molar-refractivity contribution in [2.75, 3.05) is 6.61 Å². The van der Waals surface area contributed by atoms with E-state index in [0.29, 0.717) is 6.42 Å². The molecule has 0 aromatic heterocycles. The molecule has 0 heterocycles. The van der Waals surface area contributed by atoms with Crippen molar-refractivity contribution in [1.29, 1.82) is 0 Å². The fourth-order valence-electron chi connectivity index (χ4n) is 2.37. The first-order valence-electron chi connectivity index (χ1n) is 8.07. The predicted octanol–water partition coefficient (Wildman–Crippen LogP) is 2.03. The quantitative estimate of drug-likeness (QED) is 0.404. The van der Waals surface area contributed by atoms with Crippen LogP contribution in [0, 0.1) is 5.92 Å². The van der Waals surface area contributed by atoms with Gasteiger partial charge in [-0.25, -0.2) is 0 Å². The normalized spacial score (nSPS) is 14.3. The highest BCUT2D eigenvalue weighted by Gasteiger charge is 2.10. The fourth-order valence-corrected chi connectivity index (χ4v) is 2.37. The topological polar surface area (TPSA) is 107 Å². The molecule has 0 aliphatic carbocycles. The number of aliphatic hydroxyl groups is 1. The van der Waals surface area contributed by atoms with E-state index in [-0.39, 0.29) is 30.6 Å². The summed E-state index contributed by atoms with van der Waals surface area (Å²) in [6.45, 7) is 3.39. The summed E-state index contributed by atoms with van der Waals surface area (Å²) in [4.78, 5) is 22.6. The second kappa shape index (κ2) is 10.3. The Balaban J connectivity index is 2.56. The summed E-state index contributed by atoms with van der Waals surface area (Å²) in [5.41, 5.74) is 1.68. The second-order valence-corrected chi connectivity index (χ2v) is 6.08. The number of hydrogen-bond acceptors (Lipinski definition) is 4. The van der Waals surface area contributed by atoms with E-state index < -0.39 is 12.0 Å². The zero-order valence-corrected chi connectivity index (χ0v) is 14.5. The molecule has 25 heavy (non-hydrogen) atoms. The number of phenolic OH excluding ortho intramolecular Hbond substituents is 1. The van der Waals surface area contributed by atoms with Crippen molar-refractivity contribution in [3.8, 4) is 5.75 Å². The van der Waals surface area contributed by atoms with Crippen LogP contribution in [-0.2, 0) is 16.0 Å². The van der Waals surface area contributed by atoms with Gasteiger partial charge in [-0.2, -0.15) is 0 Å². The third-order valence-electron chi connectivity index (χ3n) is 3.53. The number of phenols is 1. The van der Waals surface area contributed by atoms with Gasteiger partial charge in [-0.1, -0.05) is 36.8 Å². The van der Waals surface area contributed by atoms with E-state index in [2.05, 4.69) is 5.32 Å². The first-order chi connectivity index (χ1) is 11.8. The molecule has 0 saturated heterocycles. The van der Waals surface area contributed by atoms with Crippen LogP contribution in [0.5, 0.6) is 5.75 Å². The molecule has 0 radical (unpaired) electrons. The van der Waals surface area contributed by atoms with Crippen molar-refractivity contribution in [3.63, 3.8) is 0 Å². The minimum atomic E-state index is -0.863. The summed E-state index contributed by atoms with van der Waals surface area (Å²) in [5, 5.41) is 30.1. The smallest absolute Gasteiger partial charge is 0.303 e. The molecule has 6 heteroatoms. The number of amides is 1. The standard InChI is InChI=1S/C19H25NO5/c1-13(9-14(2)10-19(24)25)3-8-18(23)20-16(12-21)11-15-4-6-17(22)7-5-15/h3-9,14,16,21-22H,10-12H2,1-2H3,(H,20,23)(H,24,25)/b8-3+,13-9+/t14-,16-/m0/s1. The molecule has 0 fully saturated rings. The number of allylic oxidation sites excluding steroid dienone is 3. The van der Waals surface area contributed by atoms with Gasteiger partial charge in [-0.05, 0) is 37.0 Å². The maximum atomic E-state index is 12.0. The first-order valence-corrected chi connectivity index (χ1v) is 8.07. The summed E-state index contributed by atoms with van der Waals surface area (Å²) in [7, 11) is 0. The summed E-state index contributed by atoms with van der Waals surface area (Å²) in [6.07, 6.45) is 5.25. The summed E-state index contributed by atoms with van der Waals surface area (Å²) < 4.78 is 0. The highest BCUT2D eigenvalue weighted by molar-refractivity contribution is 5.88. The van der Waals surface area contributed by atoms with Crippen LogP contribution in [0.2, 0.25) is 0 Å². The molecule has 0 bridgehead atoms. The lowest BCUT2D eigenvalue weighted by molar-refractivity contribution is -0.137. The molecule has 0 aliphatic heterocycles. The average molecular weight is 347 g/mol. The minimum Gasteiger partial charge on any atom is -0.508 e.